The predicted molar refractivity (Wildman–Crippen MR) is 88.4 cm³/mol. The molecule has 0 spiro atoms. The number of imidazole rings is 1. The molecule has 130 valence electrons. The quantitative estimate of drug-likeness (QED) is 0.717. The smallest absolute Gasteiger partial charge is 0.240 e. The number of anilines is 1. The summed E-state index contributed by atoms with van der Waals surface area (Å²) in [6.45, 7) is 0.597. The highest BCUT2D eigenvalue weighted by atomic mass is 32.2. The van der Waals surface area contributed by atoms with E-state index in [4.69, 9.17) is 0 Å². The number of aromatic nitrogens is 2. The number of hydrogen-bond donors (Lipinski definition) is 1. The maximum absolute atomic E-state index is 13.8. The molecule has 0 fully saturated rings. The highest BCUT2D eigenvalue weighted by Gasteiger charge is 2.23. The molecular formula is C15H19FN4O3S. The lowest BCUT2D eigenvalue weighted by Gasteiger charge is -2.22. The summed E-state index contributed by atoms with van der Waals surface area (Å²) in [4.78, 5) is 15.9. The summed E-state index contributed by atoms with van der Waals surface area (Å²) < 4.78 is 40.2. The molecule has 1 aromatic heterocycles. The Morgan fingerprint density at radius 3 is 2.75 bits per heavy atom. The molecule has 0 atom stereocenters. The van der Waals surface area contributed by atoms with Crippen molar-refractivity contribution in [2.45, 2.75) is 13.0 Å². The molecule has 0 aliphatic rings. The molecule has 7 nitrogen and oxygen atoms in total. The summed E-state index contributed by atoms with van der Waals surface area (Å²) in [6.07, 6.45) is 6.75. The molecule has 0 aliphatic heterocycles. The van der Waals surface area contributed by atoms with Crippen molar-refractivity contribution in [1.82, 2.24) is 14.9 Å². The number of nitrogens with zero attached hydrogens (tertiary/aromatic N) is 3. The van der Waals surface area contributed by atoms with E-state index in [0.29, 0.717) is 19.5 Å². The second-order valence-electron chi connectivity index (χ2n) is 5.23. The molecule has 0 radical (unpaired) electrons. The van der Waals surface area contributed by atoms with Crippen LogP contribution in [0, 0.1) is 5.82 Å². The minimum absolute atomic E-state index is 0.145. The average molecular weight is 354 g/mol. The van der Waals surface area contributed by atoms with E-state index in [1.165, 1.54) is 18.2 Å². The van der Waals surface area contributed by atoms with Gasteiger partial charge in [-0.25, -0.2) is 17.8 Å². The topological polar surface area (TPSA) is 84.3 Å². The van der Waals surface area contributed by atoms with Gasteiger partial charge in [0, 0.05) is 25.5 Å². The fourth-order valence-electron chi connectivity index (χ4n) is 2.13. The molecule has 0 bridgehead atoms. The molecule has 2 rings (SSSR count). The van der Waals surface area contributed by atoms with Crippen LogP contribution in [0.25, 0.3) is 0 Å². The fraction of sp³-hybridized carbons (Fsp3) is 0.333. The van der Waals surface area contributed by atoms with Crippen molar-refractivity contribution >= 4 is 21.6 Å². The van der Waals surface area contributed by atoms with Gasteiger partial charge in [0.05, 0.1) is 18.3 Å². The molecule has 1 amide bonds. The molecule has 24 heavy (non-hydrogen) atoms. The van der Waals surface area contributed by atoms with E-state index in [2.05, 4.69) is 10.3 Å². The second-order valence-corrected chi connectivity index (χ2v) is 7.13. The first-order valence-corrected chi connectivity index (χ1v) is 9.17. The molecule has 0 saturated heterocycles. The van der Waals surface area contributed by atoms with Crippen LogP contribution < -0.4 is 9.62 Å². The molecule has 0 aliphatic carbocycles. The number of carbonyl (C=O) groups excluding carboxylic acids is 1. The number of carbonyl (C=O) groups is 1. The normalized spacial score (nSPS) is 11.2. The van der Waals surface area contributed by atoms with Gasteiger partial charge >= 0.3 is 0 Å². The molecule has 0 saturated carbocycles. The molecule has 9 heteroatoms. The highest BCUT2D eigenvalue weighted by Crippen LogP contribution is 2.20. The lowest BCUT2D eigenvalue weighted by molar-refractivity contribution is -0.119. The zero-order valence-corrected chi connectivity index (χ0v) is 14.0. The summed E-state index contributed by atoms with van der Waals surface area (Å²) in [7, 11) is -3.78. The number of para-hydroxylation sites is 1. The van der Waals surface area contributed by atoms with Gasteiger partial charge in [0.15, 0.2) is 0 Å². The number of sulfonamides is 1. The molecule has 0 unspecified atom stereocenters. The van der Waals surface area contributed by atoms with Crippen molar-refractivity contribution < 1.29 is 17.6 Å². The SMILES string of the molecule is CS(=O)(=O)N(CC(=O)NCCCn1ccnc1)c1ccccc1F. The molecule has 1 N–H and O–H groups in total. The highest BCUT2D eigenvalue weighted by molar-refractivity contribution is 7.92. The lowest BCUT2D eigenvalue weighted by atomic mass is 10.3. The van der Waals surface area contributed by atoms with Crippen molar-refractivity contribution in [2.75, 3.05) is 23.7 Å². The number of halogens is 1. The third-order valence-electron chi connectivity index (χ3n) is 3.28. The van der Waals surface area contributed by atoms with Crippen LogP contribution in [-0.2, 0) is 21.4 Å². The molecular weight excluding hydrogens is 335 g/mol. The first-order valence-electron chi connectivity index (χ1n) is 7.32. The minimum Gasteiger partial charge on any atom is -0.354 e. The monoisotopic (exact) mass is 354 g/mol. The zero-order valence-electron chi connectivity index (χ0n) is 13.2. The van der Waals surface area contributed by atoms with Gasteiger partial charge in [-0.2, -0.15) is 0 Å². The molecule has 2 aromatic rings. The Kier molecular flexibility index (Phi) is 5.91. The Balaban J connectivity index is 1.92. The van der Waals surface area contributed by atoms with Crippen LogP contribution in [0.15, 0.2) is 43.0 Å². The van der Waals surface area contributed by atoms with E-state index in [1.54, 1.807) is 12.5 Å². The third-order valence-corrected chi connectivity index (χ3v) is 4.41. The van der Waals surface area contributed by atoms with Crippen LogP contribution in [-0.4, -0.2) is 43.2 Å². The Morgan fingerprint density at radius 2 is 2.12 bits per heavy atom. The van der Waals surface area contributed by atoms with Crippen LogP contribution >= 0.6 is 0 Å². The summed E-state index contributed by atoms with van der Waals surface area (Å²) in [5.41, 5.74) is -0.145. The van der Waals surface area contributed by atoms with Gasteiger partial charge in [-0.15, -0.1) is 0 Å². The maximum atomic E-state index is 13.8. The average Bonchev–Trinajstić information content (AvgIpc) is 3.02. The third kappa shape index (κ3) is 5.05. The summed E-state index contributed by atoms with van der Waals surface area (Å²) in [6, 6.07) is 5.44. The van der Waals surface area contributed by atoms with Crippen molar-refractivity contribution in [3.05, 3.63) is 48.8 Å². The van der Waals surface area contributed by atoms with E-state index in [0.717, 1.165) is 16.6 Å². The number of benzene rings is 1. The van der Waals surface area contributed by atoms with Gasteiger partial charge in [0.2, 0.25) is 15.9 Å². The van der Waals surface area contributed by atoms with Gasteiger partial charge < -0.3 is 9.88 Å². The van der Waals surface area contributed by atoms with Crippen LogP contribution in [0.3, 0.4) is 0 Å². The van der Waals surface area contributed by atoms with Gasteiger partial charge in [-0.05, 0) is 18.6 Å². The number of amides is 1. The number of nitrogens with one attached hydrogen (secondary N) is 1. The largest absolute Gasteiger partial charge is 0.354 e. The fourth-order valence-corrected chi connectivity index (χ4v) is 2.99. The second kappa shape index (κ2) is 7.91. The molecule has 1 heterocycles. The first-order chi connectivity index (χ1) is 11.4. The van der Waals surface area contributed by atoms with Crippen LogP contribution in [0.4, 0.5) is 10.1 Å². The van der Waals surface area contributed by atoms with Crippen LogP contribution in [0.1, 0.15) is 6.42 Å². The van der Waals surface area contributed by atoms with Gasteiger partial charge in [0.25, 0.3) is 0 Å². The summed E-state index contributed by atoms with van der Waals surface area (Å²) >= 11 is 0. The van der Waals surface area contributed by atoms with Crippen LogP contribution in [0.2, 0.25) is 0 Å². The number of hydrogen-bond acceptors (Lipinski definition) is 4. The van der Waals surface area contributed by atoms with Gasteiger partial charge in [0.1, 0.15) is 12.4 Å². The zero-order chi connectivity index (χ0) is 17.6. The number of aryl methyl sites for hydroxylation is 1. The van der Waals surface area contributed by atoms with E-state index in [-0.39, 0.29) is 5.69 Å². The Morgan fingerprint density at radius 1 is 1.38 bits per heavy atom. The van der Waals surface area contributed by atoms with Crippen LogP contribution in [0.5, 0.6) is 0 Å². The Labute approximate surface area is 140 Å². The first kappa shape index (κ1) is 17.9. The van der Waals surface area contributed by atoms with Crippen molar-refractivity contribution in [3.63, 3.8) is 0 Å². The standard InChI is InChI=1S/C15H19FN4O3S/c1-24(22,23)20(14-6-3-2-5-13(14)16)11-15(21)18-7-4-9-19-10-8-17-12-19/h2-3,5-6,8,10,12H,4,7,9,11H2,1H3,(H,18,21). The molecule has 1 aromatic carbocycles. The van der Waals surface area contributed by atoms with E-state index < -0.39 is 28.3 Å². The van der Waals surface area contributed by atoms with E-state index >= 15 is 0 Å². The number of rotatable bonds is 8. The van der Waals surface area contributed by atoms with Crippen molar-refractivity contribution in [2.24, 2.45) is 0 Å². The van der Waals surface area contributed by atoms with Gasteiger partial charge in [-0.3, -0.25) is 9.10 Å². The van der Waals surface area contributed by atoms with Gasteiger partial charge in [-0.1, -0.05) is 12.1 Å². The van der Waals surface area contributed by atoms with E-state index in [1.807, 2.05) is 10.8 Å². The minimum atomic E-state index is -3.78. The van der Waals surface area contributed by atoms with Crippen molar-refractivity contribution in [3.8, 4) is 0 Å². The Bertz CT molecular complexity index is 778. The maximum Gasteiger partial charge on any atom is 0.240 e. The summed E-state index contributed by atoms with van der Waals surface area (Å²) in [5, 5.41) is 2.64. The van der Waals surface area contributed by atoms with E-state index in [9.17, 15) is 17.6 Å². The van der Waals surface area contributed by atoms with Crippen molar-refractivity contribution in [1.29, 1.82) is 0 Å². The Hall–Kier alpha value is -2.42. The summed E-state index contributed by atoms with van der Waals surface area (Å²) in [5.74, 6) is -1.19. The predicted octanol–water partition coefficient (Wildman–Crippen LogP) is 0.995. The lowest BCUT2D eigenvalue weighted by Crippen LogP contribution is -2.41.